The van der Waals surface area contributed by atoms with Crippen molar-refractivity contribution < 1.29 is 9.53 Å². The quantitative estimate of drug-likeness (QED) is 0.242. The third kappa shape index (κ3) is 5.34. The molecule has 0 fully saturated rings. The van der Waals surface area contributed by atoms with Gasteiger partial charge in [-0.1, -0.05) is 30.3 Å². The van der Waals surface area contributed by atoms with Gasteiger partial charge in [-0.3, -0.25) is 4.79 Å². The van der Waals surface area contributed by atoms with Crippen molar-refractivity contribution in [2.75, 3.05) is 6.61 Å². The zero-order valence-corrected chi connectivity index (χ0v) is 17.6. The molecular formula is C16H13I3O2. The van der Waals surface area contributed by atoms with Crippen molar-refractivity contribution in [3.8, 4) is 5.75 Å². The predicted molar refractivity (Wildman–Crippen MR) is 110 cm³/mol. The smallest absolute Gasteiger partial charge is 0.163 e. The lowest BCUT2D eigenvalue weighted by Crippen LogP contribution is -2.05. The molecule has 2 aromatic rings. The number of carbonyl (C=O) groups excluding carboxylic acids is 1. The van der Waals surface area contributed by atoms with Crippen LogP contribution in [0, 0.1) is 10.7 Å². The SMILES string of the molecule is O=C(CCCOc1c(I)cc(I)cc1I)c1ccccc1. The molecule has 0 aliphatic rings. The maximum absolute atomic E-state index is 12.0. The first kappa shape index (κ1) is 17.5. The Kier molecular flexibility index (Phi) is 7.20. The molecule has 2 aromatic carbocycles. The van der Waals surface area contributed by atoms with E-state index in [1.807, 2.05) is 30.3 Å². The van der Waals surface area contributed by atoms with Crippen LogP contribution in [0.3, 0.4) is 0 Å². The predicted octanol–water partition coefficient (Wildman–Crippen LogP) is 5.54. The topological polar surface area (TPSA) is 26.3 Å². The Morgan fingerprint density at radius 1 is 1.00 bits per heavy atom. The lowest BCUT2D eigenvalue weighted by atomic mass is 10.1. The molecule has 21 heavy (non-hydrogen) atoms. The molecule has 2 nitrogen and oxygen atoms in total. The number of hydrogen-bond acceptors (Lipinski definition) is 2. The Morgan fingerprint density at radius 2 is 1.62 bits per heavy atom. The van der Waals surface area contributed by atoms with Gasteiger partial charge < -0.3 is 4.74 Å². The molecule has 0 spiro atoms. The fraction of sp³-hybridized carbons (Fsp3) is 0.188. The lowest BCUT2D eigenvalue weighted by molar-refractivity contribution is 0.0973. The van der Waals surface area contributed by atoms with Gasteiger partial charge in [0.15, 0.2) is 5.78 Å². The van der Waals surface area contributed by atoms with Crippen LogP contribution in [-0.2, 0) is 0 Å². The molecule has 0 unspecified atom stereocenters. The fourth-order valence-electron chi connectivity index (χ4n) is 1.84. The monoisotopic (exact) mass is 618 g/mol. The van der Waals surface area contributed by atoms with Gasteiger partial charge in [0.1, 0.15) is 5.75 Å². The summed E-state index contributed by atoms with van der Waals surface area (Å²) in [6, 6.07) is 13.6. The summed E-state index contributed by atoms with van der Waals surface area (Å²) >= 11 is 6.87. The molecule has 0 atom stereocenters. The second kappa shape index (κ2) is 8.66. The zero-order valence-electron chi connectivity index (χ0n) is 11.1. The molecule has 0 aliphatic carbocycles. The molecule has 2 rings (SSSR count). The summed E-state index contributed by atoms with van der Waals surface area (Å²) < 4.78 is 9.26. The number of ketones is 1. The van der Waals surface area contributed by atoms with Crippen LogP contribution in [0.4, 0.5) is 0 Å². The first-order valence-electron chi connectivity index (χ1n) is 6.43. The third-order valence-electron chi connectivity index (χ3n) is 2.85. The van der Waals surface area contributed by atoms with E-state index in [-0.39, 0.29) is 5.78 Å². The maximum Gasteiger partial charge on any atom is 0.163 e. The van der Waals surface area contributed by atoms with Crippen molar-refractivity contribution in [2.24, 2.45) is 0 Å². The van der Waals surface area contributed by atoms with Gasteiger partial charge in [0.05, 0.1) is 13.7 Å². The summed E-state index contributed by atoms with van der Waals surface area (Å²) in [6.07, 6.45) is 1.24. The van der Waals surface area contributed by atoms with Gasteiger partial charge in [0.2, 0.25) is 0 Å². The Labute approximate surface area is 165 Å². The molecule has 0 radical (unpaired) electrons. The highest BCUT2D eigenvalue weighted by molar-refractivity contribution is 14.1. The third-order valence-corrected chi connectivity index (χ3v) is 5.08. The second-order valence-electron chi connectivity index (χ2n) is 4.44. The summed E-state index contributed by atoms with van der Waals surface area (Å²) in [4.78, 5) is 12.0. The highest BCUT2D eigenvalue weighted by Crippen LogP contribution is 2.29. The molecule has 0 N–H and O–H groups in total. The van der Waals surface area contributed by atoms with Gasteiger partial charge in [0.25, 0.3) is 0 Å². The van der Waals surface area contributed by atoms with Gasteiger partial charge in [0, 0.05) is 15.6 Å². The normalized spacial score (nSPS) is 10.4. The molecule has 110 valence electrons. The summed E-state index contributed by atoms with van der Waals surface area (Å²) in [5.41, 5.74) is 0.774. The minimum Gasteiger partial charge on any atom is -0.491 e. The van der Waals surface area contributed by atoms with Crippen molar-refractivity contribution in [3.63, 3.8) is 0 Å². The standard InChI is InChI=1S/C16H13I3O2/c17-12-9-13(18)16(14(19)10-12)21-8-4-7-15(20)11-5-2-1-3-6-11/h1-3,5-6,9-10H,4,7-8H2. The molecule has 0 saturated carbocycles. The van der Waals surface area contributed by atoms with Crippen molar-refractivity contribution in [3.05, 3.63) is 58.7 Å². The minimum atomic E-state index is 0.172. The van der Waals surface area contributed by atoms with Crippen molar-refractivity contribution >= 4 is 73.6 Å². The fourth-order valence-corrected chi connectivity index (χ4v) is 5.74. The van der Waals surface area contributed by atoms with E-state index in [0.717, 1.165) is 24.9 Å². The van der Waals surface area contributed by atoms with E-state index in [4.69, 9.17) is 4.74 Å². The van der Waals surface area contributed by atoms with E-state index in [9.17, 15) is 4.79 Å². The van der Waals surface area contributed by atoms with Crippen molar-refractivity contribution in [2.45, 2.75) is 12.8 Å². The van der Waals surface area contributed by atoms with Crippen molar-refractivity contribution in [1.82, 2.24) is 0 Å². The van der Waals surface area contributed by atoms with Gasteiger partial charge in [-0.05, 0) is 86.3 Å². The van der Waals surface area contributed by atoms with Crippen LogP contribution >= 0.6 is 67.8 Å². The molecule has 0 aliphatic heterocycles. The van der Waals surface area contributed by atoms with Gasteiger partial charge in [-0.15, -0.1) is 0 Å². The summed E-state index contributed by atoms with van der Waals surface area (Å²) in [5.74, 6) is 1.09. The second-order valence-corrected chi connectivity index (χ2v) is 8.01. The van der Waals surface area contributed by atoms with E-state index in [1.54, 1.807) is 0 Å². The Bertz CT molecular complexity index is 604. The largest absolute Gasteiger partial charge is 0.491 e. The molecule has 0 aromatic heterocycles. The number of Topliss-reactive ketones (excluding diaryl/α,β-unsaturated/α-hetero) is 1. The maximum atomic E-state index is 12.0. The summed E-state index contributed by atoms with van der Waals surface area (Å²) in [7, 11) is 0. The van der Waals surface area contributed by atoms with Gasteiger partial charge in [-0.2, -0.15) is 0 Å². The minimum absolute atomic E-state index is 0.172. The average Bonchev–Trinajstić information content (AvgIpc) is 2.46. The van der Waals surface area contributed by atoms with Crippen LogP contribution in [0.1, 0.15) is 23.2 Å². The number of carbonyl (C=O) groups is 1. The Hall–Kier alpha value is 0.1000. The van der Waals surface area contributed by atoms with Crippen LogP contribution in [0.5, 0.6) is 5.75 Å². The van der Waals surface area contributed by atoms with Crippen LogP contribution in [-0.4, -0.2) is 12.4 Å². The van der Waals surface area contributed by atoms with Gasteiger partial charge >= 0.3 is 0 Å². The first-order chi connectivity index (χ1) is 10.1. The van der Waals surface area contributed by atoms with Crippen LogP contribution < -0.4 is 4.74 Å². The average molecular weight is 618 g/mol. The molecule has 0 amide bonds. The summed E-state index contributed by atoms with van der Waals surface area (Å²) in [6.45, 7) is 0.561. The van der Waals surface area contributed by atoms with E-state index in [2.05, 4.69) is 79.9 Å². The Balaban J connectivity index is 1.84. The zero-order chi connectivity index (χ0) is 15.2. The number of halogens is 3. The highest BCUT2D eigenvalue weighted by Gasteiger charge is 2.09. The van der Waals surface area contributed by atoms with Crippen LogP contribution in [0.15, 0.2) is 42.5 Å². The first-order valence-corrected chi connectivity index (χ1v) is 9.67. The Morgan fingerprint density at radius 3 is 2.24 bits per heavy atom. The van der Waals surface area contributed by atoms with Crippen LogP contribution in [0.25, 0.3) is 0 Å². The molecule has 5 heteroatoms. The number of benzene rings is 2. The van der Waals surface area contributed by atoms with E-state index < -0.39 is 0 Å². The number of ether oxygens (including phenoxy) is 1. The molecule has 0 saturated heterocycles. The number of hydrogen-bond donors (Lipinski definition) is 0. The summed E-state index contributed by atoms with van der Waals surface area (Å²) in [5, 5.41) is 0. The molecular weight excluding hydrogens is 605 g/mol. The lowest BCUT2D eigenvalue weighted by Gasteiger charge is -2.10. The highest BCUT2D eigenvalue weighted by atomic mass is 127. The number of rotatable bonds is 6. The molecule has 0 heterocycles. The van der Waals surface area contributed by atoms with Crippen LogP contribution in [0.2, 0.25) is 0 Å². The van der Waals surface area contributed by atoms with E-state index in [0.29, 0.717) is 13.0 Å². The van der Waals surface area contributed by atoms with Crippen molar-refractivity contribution in [1.29, 1.82) is 0 Å². The van der Waals surface area contributed by atoms with Gasteiger partial charge in [-0.25, -0.2) is 0 Å². The van der Waals surface area contributed by atoms with E-state index >= 15 is 0 Å². The van der Waals surface area contributed by atoms with E-state index in [1.165, 1.54) is 3.57 Å². The molecule has 0 bridgehead atoms.